The zero-order chi connectivity index (χ0) is 17.7. The fourth-order valence-electron chi connectivity index (χ4n) is 6.24. The minimum atomic E-state index is 0.451. The molecular formula is C21H24Cl2N2S. The van der Waals surface area contributed by atoms with E-state index in [4.69, 9.17) is 23.2 Å². The molecule has 4 fully saturated rings. The molecule has 0 radical (unpaired) electrons. The van der Waals surface area contributed by atoms with Gasteiger partial charge < -0.3 is 4.57 Å². The van der Waals surface area contributed by atoms with Gasteiger partial charge in [0.05, 0.1) is 11.3 Å². The van der Waals surface area contributed by atoms with Gasteiger partial charge in [0.2, 0.25) is 0 Å². The first-order chi connectivity index (χ1) is 12.6. The van der Waals surface area contributed by atoms with Crippen LogP contribution in [0.5, 0.6) is 0 Å². The average molecular weight is 407 g/mol. The molecule has 1 atom stereocenters. The summed E-state index contributed by atoms with van der Waals surface area (Å²) >= 11 is 14.6. The number of rotatable bonds is 5. The number of hydrogen-bond acceptors (Lipinski definition) is 2. The Bertz CT molecular complexity index is 754. The van der Waals surface area contributed by atoms with E-state index < -0.39 is 0 Å². The quantitative estimate of drug-likeness (QED) is 0.522. The van der Waals surface area contributed by atoms with Crippen molar-refractivity contribution in [2.45, 2.75) is 55.2 Å². The molecule has 4 aliphatic carbocycles. The third-order valence-electron chi connectivity index (χ3n) is 6.87. The van der Waals surface area contributed by atoms with E-state index >= 15 is 0 Å². The van der Waals surface area contributed by atoms with E-state index in [1.165, 1.54) is 38.5 Å². The summed E-state index contributed by atoms with van der Waals surface area (Å²) in [5.74, 6) is 2.86. The summed E-state index contributed by atoms with van der Waals surface area (Å²) in [5.41, 5.74) is 0.451. The van der Waals surface area contributed by atoms with Crippen molar-refractivity contribution in [2.75, 3.05) is 0 Å². The lowest BCUT2D eigenvalue weighted by atomic mass is 9.48. The predicted molar refractivity (Wildman–Crippen MR) is 109 cm³/mol. The zero-order valence-corrected chi connectivity index (χ0v) is 17.1. The molecule has 4 saturated carbocycles. The van der Waals surface area contributed by atoms with Gasteiger partial charge in [-0.05, 0) is 79.9 Å². The molecule has 138 valence electrons. The third kappa shape index (κ3) is 3.21. The van der Waals surface area contributed by atoms with Crippen LogP contribution in [0, 0.1) is 23.2 Å². The molecule has 1 aromatic heterocycles. The highest BCUT2D eigenvalue weighted by molar-refractivity contribution is 8.00. The van der Waals surface area contributed by atoms with Crippen molar-refractivity contribution < 1.29 is 0 Å². The minimum absolute atomic E-state index is 0.451. The standard InChI is InChI=1S/C21H24Cl2N2S/c22-17-1-2-19(18(23)8-17)26-20(12-25-4-3-24-13-25)21-9-14-5-15(10-21)7-16(6-14)11-21/h1-4,8,13-16,20H,5-7,9-12H2. The van der Waals surface area contributed by atoms with Gasteiger partial charge in [-0.25, -0.2) is 4.98 Å². The molecule has 2 nitrogen and oxygen atoms in total. The molecule has 0 saturated heterocycles. The van der Waals surface area contributed by atoms with Gasteiger partial charge in [0.15, 0.2) is 0 Å². The van der Waals surface area contributed by atoms with E-state index in [0.717, 1.165) is 34.2 Å². The molecule has 2 aromatic rings. The van der Waals surface area contributed by atoms with E-state index in [0.29, 0.717) is 15.7 Å². The number of halogens is 2. The molecule has 0 N–H and O–H groups in total. The van der Waals surface area contributed by atoms with Gasteiger partial charge in [-0.15, -0.1) is 11.8 Å². The number of nitrogens with zero attached hydrogens (tertiary/aromatic N) is 2. The monoisotopic (exact) mass is 406 g/mol. The lowest BCUT2D eigenvalue weighted by Crippen LogP contribution is -2.51. The summed E-state index contributed by atoms with van der Waals surface area (Å²) in [6.07, 6.45) is 14.6. The van der Waals surface area contributed by atoms with Crippen molar-refractivity contribution in [3.63, 3.8) is 0 Å². The predicted octanol–water partition coefficient (Wildman–Crippen LogP) is 6.57. The van der Waals surface area contributed by atoms with E-state index in [1.807, 2.05) is 36.4 Å². The van der Waals surface area contributed by atoms with Crippen LogP contribution in [0.4, 0.5) is 0 Å². The number of imidazole rings is 1. The topological polar surface area (TPSA) is 17.8 Å². The second kappa shape index (κ2) is 6.76. The number of thioether (sulfide) groups is 1. The van der Waals surface area contributed by atoms with Gasteiger partial charge in [-0.2, -0.15) is 0 Å². The van der Waals surface area contributed by atoms with Gasteiger partial charge >= 0.3 is 0 Å². The number of aromatic nitrogens is 2. The zero-order valence-electron chi connectivity index (χ0n) is 14.8. The smallest absolute Gasteiger partial charge is 0.0946 e. The van der Waals surface area contributed by atoms with Gasteiger partial charge in [-0.1, -0.05) is 23.2 Å². The van der Waals surface area contributed by atoms with Crippen LogP contribution in [0.1, 0.15) is 38.5 Å². The first-order valence-corrected chi connectivity index (χ1v) is 11.3. The maximum absolute atomic E-state index is 6.54. The Hall–Kier alpha value is -0.640. The van der Waals surface area contributed by atoms with Crippen LogP contribution in [-0.4, -0.2) is 14.8 Å². The maximum atomic E-state index is 6.54. The normalized spacial score (nSPS) is 33.5. The van der Waals surface area contributed by atoms with Crippen LogP contribution < -0.4 is 0 Å². The first-order valence-electron chi connectivity index (χ1n) is 9.67. The number of hydrogen-bond donors (Lipinski definition) is 0. The lowest BCUT2D eigenvalue weighted by Gasteiger charge is -2.59. The molecule has 4 bridgehead atoms. The van der Waals surface area contributed by atoms with Crippen LogP contribution in [0.3, 0.4) is 0 Å². The molecule has 0 amide bonds. The second-order valence-electron chi connectivity index (χ2n) is 8.72. The van der Waals surface area contributed by atoms with Crippen LogP contribution in [0.2, 0.25) is 10.0 Å². The summed E-state index contributed by atoms with van der Waals surface area (Å²) in [6.45, 7) is 1.01. The van der Waals surface area contributed by atoms with Crippen molar-refractivity contribution in [3.05, 3.63) is 47.0 Å². The second-order valence-corrected chi connectivity index (χ2v) is 10.8. The van der Waals surface area contributed by atoms with Crippen molar-refractivity contribution >= 4 is 35.0 Å². The van der Waals surface area contributed by atoms with Crippen molar-refractivity contribution in [2.24, 2.45) is 23.2 Å². The molecule has 6 rings (SSSR count). The SMILES string of the molecule is Clc1ccc(SC(Cn2ccnc2)C23CC4CC(CC(C4)C2)C3)c(Cl)c1. The first kappa shape index (κ1) is 17.5. The fourth-order valence-corrected chi connectivity index (χ4v) is 8.19. The average Bonchev–Trinajstić information content (AvgIpc) is 3.08. The fraction of sp³-hybridized carbons (Fsp3) is 0.571. The Morgan fingerprint density at radius 3 is 2.38 bits per heavy atom. The van der Waals surface area contributed by atoms with Gasteiger partial charge in [0, 0.05) is 34.1 Å². The third-order valence-corrected chi connectivity index (χ3v) is 9.07. The van der Waals surface area contributed by atoms with Gasteiger partial charge in [0.1, 0.15) is 0 Å². The largest absolute Gasteiger partial charge is 0.336 e. The molecular weight excluding hydrogens is 383 g/mol. The molecule has 1 unspecified atom stereocenters. The summed E-state index contributed by atoms with van der Waals surface area (Å²) in [6, 6.07) is 5.93. The van der Waals surface area contributed by atoms with E-state index in [9.17, 15) is 0 Å². The van der Waals surface area contributed by atoms with Crippen molar-refractivity contribution in [1.82, 2.24) is 9.55 Å². The molecule has 4 aliphatic rings. The molecule has 0 spiro atoms. The maximum Gasteiger partial charge on any atom is 0.0946 e. The van der Waals surface area contributed by atoms with Crippen molar-refractivity contribution in [3.8, 4) is 0 Å². The Morgan fingerprint density at radius 2 is 1.81 bits per heavy atom. The summed E-state index contributed by atoms with van der Waals surface area (Å²) in [4.78, 5) is 5.43. The molecule has 1 heterocycles. The van der Waals surface area contributed by atoms with Crippen LogP contribution in [-0.2, 0) is 6.54 Å². The van der Waals surface area contributed by atoms with Crippen LogP contribution >= 0.6 is 35.0 Å². The Kier molecular flexibility index (Phi) is 4.54. The molecule has 5 heteroatoms. The lowest BCUT2D eigenvalue weighted by molar-refractivity contribution is -0.0553. The summed E-state index contributed by atoms with van der Waals surface area (Å²) < 4.78 is 2.25. The molecule has 1 aromatic carbocycles. The van der Waals surface area contributed by atoms with Crippen LogP contribution in [0.15, 0.2) is 41.8 Å². The Balaban J connectivity index is 1.48. The number of benzene rings is 1. The van der Waals surface area contributed by atoms with Crippen molar-refractivity contribution in [1.29, 1.82) is 0 Å². The van der Waals surface area contributed by atoms with Crippen LogP contribution in [0.25, 0.3) is 0 Å². The minimum Gasteiger partial charge on any atom is -0.336 e. The van der Waals surface area contributed by atoms with Gasteiger partial charge in [0.25, 0.3) is 0 Å². The Labute approximate surface area is 169 Å². The van der Waals surface area contributed by atoms with Gasteiger partial charge in [-0.3, -0.25) is 0 Å². The van der Waals surface area contributed by atoms with E-state index in [-0.39, 0.29) is 0 Å². The highest BCUT2D eigenvalue weighted by Gasteiger charge is 2.54. The van der Waals surface area contributed by atoms with E-state index in [1.54, 1.807) is 0 Å². The Morgan fingerprint density at radius 1 is 1.12 bits per heavy atom. The van der Waals surface area contributed by atoms with E-state index in [2.05, 4.69) is 21.8 Å². The highest BCUT2D eigenvalue weighted by atomic mass is 35.5. The summed E-state index contributed by atoms with van der Waals surface area (Å²) in [5, 5.41) is 2.02. The molecule has 0 aliphatic heterocycles. The molecule has 26 heavy (non-hydrogen) atoms. The highest BCUT2D eigenvalue weighted by Crippen LogP contribution is 2.63. The summed E-state index contributed by atoms with van der Waals surface area (Å²) in [7, 11) is 0.